The van der Waals surface area contributed by atoms with Gasteiger partial charge in [0, 0.05) is 38.9 Å². The van der Waals surface area contributed by atoms with Gasteiger partial charge in [0.1, 0.15) is 12.4 Å². The normalized spacial score (nSPS) is 21.1. The molecule has 1 aromatic carbocycles. The van der Waals surface area contributed by atoms with E-state index in [4.69, 9.17) is 9.47 Å². The van der Waals surface area contributed by atoms with Crippen molar-refractivity contribution in [1.82, 2.24) is 10.2 Å². The number of amides is 2. The predicted octanol–water partition coefficient (Wildman–Crippen LogP) is 0.843. The summed E-state index contributed by atoms with van der Waals surface area (Å²) in [5, 5.41) is 3.16. The van der Waals surface area contributed by atoms with Crippen molar-refractivity contribution in [3.8, 4) is 0 Å². The lowest BCUT2D eigenvalue weighted by Crippen LogP contribution is -2.46. The summed E-state index contributed by atoms with van der Waals surface area (Å²) in [6.07, 6.45) is -0.614. The maximum atomic E-state index is 14.5. The third-order valence-electron chi connectivity index (χ3n) is 4.18. The van der Waals surface area contributed by atoms with Crippen molar-refractivity contribution in [2.45, 2.75) is 6.04 Å². The minimum absolute atomic E-state index is 0.0939. The Morgan fingerprint density at radius 2 is 2.17 bits per heavy atom. The molecule has 0 aromatic heterocycles. The van der Waals surface area contributed by atoms with Crippen molar-refractivity contribution >= 4 is 17.7 Å². The number of benzene rings is 1. The van der Waals surface area contributed by atoms with E-state index in [2.05, 4.69) is 5.32 Å². The van der Waals surface area contributed by atoms with Crippen LogP contribution in [0.1, 0.15) is 10.4 Å². The molecule has 1 unspecified atom stereocenters. The van der Waals surface area contributed by atoms with E-state index in [1.807, 2.05) is 0 Å². The fourth-order valence-electron chi connectivity index (χ4n) is 2.96. The molecule has 0 spiro atoms. The zero-order valence-corrected chi connectivity index (χ0v) is 13.5. The van der Waals surface area contributed by atoms with Crippen molar-refractivity contribution in [2.24, 2.45) is 0 Å². The molecule has 24 heavy (non-hydrogen) atoms. The summed E-state index contributed by atoms with van der Waals surface area (Å²) in [5.41, 5.74) is 0.366. The molecule has 0 radical (unpaired) electrons. The highest BCUT2D eigenvalue weighted by molar-refractivity contribution is 5.96. The van der Waals surface area contributed by atoms with E-state index < -0.39 is 11.9 Å². The number of nitrogens with one attached hydrogen (secondary N) is 1. The summed E-state index contributed by atoms with van der Waals surface area (Å²) in [6, 6.07) is 3.78. The van der Waals surface area contributed by atoms with Crippen LogP contribution in [0.5, 0.6) is 0 Å². The molecule has 1 aromatic rings. The topological polar surface area (TPSA) is 71.1 Å². The second-order valence-corrected chi connectivity index (χ2v) is 5.76. The minimum Gasteiger partial charge on any atom is -0.447 e. The lowest BCUT2D eigenvalue weighted by molar-refractivity contribution is 0.0735. The Hall–Kier alpha value is -2.19. The molecule has 0 aliphatic carbocycles. The third-order valence-corrected chi connectivity index (χ3v) is 4.18. The second-order valence-electron chi connectivity index (χ2n) is 5.76. The Kier molecular flexibility index (Phi) is 4.96. The number of carbonyl (C=O) groups is 2. The molecule has 2 amide bonds. The van der Waals surface area contributed by atoms with Crippen molar-refractivity contribution in [3.63, 3.8) is 0 Å². The number of hydrogen-bond acceptors (Lipinski definition) is 5. The van der Waals surface area contributed by atoms with E-state index in [0.29, 0.717) is 13.1 Å². The van der Waals surface area contributed by atoms with Crippen molar-refractivity contribution in [1.29, 1.82) is 0 Å². The fourth-order valence-corrected chi connectivity index (χ4v) is 2.96. The highest BCUT2D eigenvalue weighted by atomic mass is 19.1. The van der Waals surface area contributed by atoms with Crippen LogP contribution in [0.2, 0.25) is 0 Å². The van der Waals surface area contributed by atoms with Gasteiger partial charge >= 0.3 is 6.09 Å². The molecule has 8 heteroatoms. The van der Waals surface area contributed by atoms with Crippen LogP contribution in [0.3, 0.4) is 0 Å². The van der Waals surface area contributed by atoms with Gasteiger partial charge < -0.3 is 19.7 Å². The number of piperazine rings is 1. The van der Waals surface area contributed by atoms with Crippen molar-refractivity contribution in [3.05, 3.63) is 29.6 Å². The van der Waals surface area contributed by atoms with Gasteiger partial charge in [-0.2, -0.15) is 0 Å². The zero-order chi connectivity index (χ0) is 17.1. The number of carbonyl (C=O) groups excluding carboxylic acids is 2. The van der Waals surface area contributed by atoms with Gasteiger partial charge in [0.2, 0.25) is 0 Å². The van der Waals surface area contributed by atoms with E-state index in [1.54, 1.807) is 4.90 Å². The van der Waals surface area contributed by atoms with E-state index in [0.717, 1.165) is 13.1 Å². The molecule has 2 aliphatic heterocycles. The second kappa shape index (κ2) is 7.14. The maximum Gasteiger partial charge on any atom is 0.414 e. The van der Waals surface area contributed by atoms with Gasteiger partial charge in [0.05, 0.1) is 18.3 Å². The summed E-state index contributed by atoms with van der Waals surface area (Å²) < 4.78 is 24.6. The summed E-state index contributed by atoms with van der Waals surface area (Å²) >= 11 is 0. The molecule has 3 rings (SSSR count). The number of nitrogens with zero attached hydrogens (tertiary/aromatic N) is 2. The number of ether oxygens (including phenoxy) is 2. The molecule has 0 bridgehead atoms. The summed E-state index contributed by atoms with van der Waals surface area (Å²) in [6.45, 7) is 3.03. The van der Waals surface area contributed by atoms with Gasteiger partial charge in [-0.1, -0.05) is 0 Å². The van der Waals surface area contributed by atoms with Crippen LogP contribution in [0.25, 0.3) is 0 Å². The van der Waals surface area contributed by atoms with Crippen molar-refractivity contribution < 1.29 is 23.5 Å². The monoisotopic (exact) mass is 337 g/mol. The third kappa shape index (κ3) is 3.20. The molecule has 1 atom stereocenters. The highest BCUT2D eigenvalue weighted by Gasteiger charge is 2.36. The Bertz CT molecular complexity index is 634. The van der Waals surface area contributed by atoms with Crippen LogP contribution < -0.4 is 10.2 Å². The molecule has 2 fully saturated rings. The summed E-state index contributed by atoms with van der Waals surface area (Å²) in [5.74, 6) is -0.838. The molecular weight excluding hydrogens is 317 g/mol. The lowest BCUT2D eigenvalue weighted by Gasteiger charge is -2.28. The maximum absolute atomic E-state index is 14.5. The minimum atomic E-state index is -0.629. The van der Waals surface area contributed by atoms with Gasteiger partial charge in [-0.05, 0) is 18.2 Å². The highest BCUT2D eigenvalue weighted by Crippen LogP contribution is 2.27. The SMILES string of the molecule is COCC1COC(=O)N1c1ccc(C(=O)N2CCNCC2)cc1F. The number of anilines is 1. The molecule has 7 nitrogen and oxygen atoms in total. The first-order valence-corrected chi connectivity index (χ1v) is 7.86. The van der Waals surface area contributed by atoms with Gasteiger partial charge in [-0.3, -0.25) is 9.69 Å². The van der Waals surface area contributed by atoms with Crippen LogP contribution in [0, 0.1) is 5.82 Å². The number of halogens is 1. The van der Waals surface area contributed by atoms with Crippen LogP contribution in [-0.2, 0) is 9.47 Å². The fraction of sp³-hybridized carbons (Fsp3) is 0.500. The summed E-state index contributed by atoms with van der Waals surface area (Å²) in [7, 11) is 1.51. The molecule has 1 N–H and O–H groups in total. The molecule has 2 aliphatic rings. The number of cyclic esters (lactones) is 1. The van der Waals surface area contributed by atoms with Crippen LogP contribution in [-0.4, -0.2) is 69.4 Å². The molecule has 2 saturated heterocycles. The smallest absolute Gasteiger partial charge is 0.414 e. The van der Waals surface area contributed by atoms with Gasteiger partial charge in [-0.25, -0.2) is 9.18 Å². The average Bonchev–Trinajstić information content (AvgIpc) is 2.96. The molecule has 2 heterocycles. The standard InChI is InChI=1S/C16H20FN3O4/c1-23-9-12-10-24-16(22)20(12)14-3-2-11(8-13(14)17)15(21)19-6-4-18-5-7-19/h2-3,8,12,18H,4-7,9-10H2,1H3. The van der Waals surface area contributed by atoms with Crippen LogP contribution in [0.15, 0.2) is 18.2 Å². The van der Waals surface area contributed by atoms with Gasteiger partial charge in [-0.15, -0.1) is 0 Å². The number of hydrogen-bond donors (Lipinski definition) is 1. The summed E-state index contributed by atoms with van der Waals surface area (Å²) in [4.78, 5) is 27.2. The number of rotatable bonds is 4. The Morgan fingerprint density at radius 3 is 2.83 bits per heavy atom. The quantitative estimate of drug-likeness (QED) is 0.882. The first kappa shape index (κ1) is 16.7. The lowest BCUT2D eigenvalue weighted by atomic mass is 10.1. The Morgan fingerprint density at radius 1 is 1.42 bits per heavy atom. The predicted molar refractivity (Wildman–Crippen MR) is 84.7 cm³/mol. The van der Waals surface area contributed by atoms with E-state index in [9.17, 15) is 14.0 Å². The van der Waals surface area contributed by atoms with Gasteiger partial charge in [0.25, 0.3) is 5.91 Å². The van der Waals surface area contributed by atoms with E-state index in [-0.39, 0.29) is 36.4 Å². The molecule has 0 saturated carbocycles. The number of methoxy groups -OCH3 is 1. The zero-order valence-electron chi connectivity index (χ0n) is 13.5. The molecule has 130 valence electrons. The molecular formula is C16H20FN3O4. The average molecular weight is 337 g/mol. The van der Waals surface area contributed by atoms with Crippen LogP contribution in [0.4, 0.5) is 14.9 Å². The Balaban J connectivity index is 1.81. The van der Waals surface area contributed by atoms with Gasteiger partial charge in [0.15, 0.2) is 0 Å². The largest absolute Gasteiger partial charge is 0.447 e. The van der Waals surface area contributed by atoms with E-state index >= 15 is 0 Å². The van der Waals surface area contributed by atoms with Crippen LogP contribution >= 0.6 is 0 Å². The first-order chi connectivity index (χ1) is 11.6. The Labute approximate surface area is 139 Å². The van der Waals surface area contributed by atoms with Crippen molar-refractivity contribution in [2.75, 3.05) is 51.4 Å². The van der Waals surface area contributed by atoms with E-state index in [1.165, 1.54) is 30.2 Å². The first-order valence-electron chi connectivity index (χ1n) is 7.86.